The first kappa shape index (κ1) is 18.1. The molecule has 1 amide bonds. The summed E-state index contributed by atoms with van der Waals surface area (Å²) in [7, 11) is 1.64. The minimum absolute atomic E-state index is 0.0184. The van der Waals surface area contributed by atoms with Crippen molar-refractivity contribution in [1.29, 1.82) is 0 Å². The summed E-state index contributed by atoms with van der Waals surface area (Å²) in [5.74, 6) is 1.30. The zero-order chi connectivity index (χ0) is 17.0. The van der Waals surface area contributed by atoms with Crippen LogP contribution in [0.3, 0.4) is 0 Å². The third-order valence-electron chi connectivity index (χ3n) is 4.43. The summed E-state index contributed by atoms with van der Waals surface area (Å²) in [5.41, 5.74) is 6.87. The molecule has 1 aliphatic rings. The van der Waals surface area contributed by atoms with Crippen LogP contribution in [0.5, 0.6) is 5.75 Å². The number of carbonyl (C=O) groups excluding carboxylic acids is 1. The fourth-order valence-corrected chi connectivity index (χ4v) is 3.44. The van der Waals surface area contributed by atoms with Gasteiger partial charge in [0, 0.05) is 22.5 Å². The zero-order valence-electron chi connectivity index (χ0n) is 14.1. The van der Waals surface area contributed by atoms with E-state index in [1.807, 2.05) is 12.1 Å². The molecule has 0 bridgehead atoms. The van der Waals surface area contributed by atoms with Gasteiger partial charge in [0.25, 0.3) is 0 Å². The number of methoxy groups -OCH3 is 1. The van der Waals surface area contributed by atoms with E-state index in [4.69, 9.17) is 22.1 Å². The van der Waals surface area contributed by atoms with Crippen LogP contribution in [0.25, 0.3) is 0 Å². The molecule has 5 heteroatoms. The van der Waals surface area contributed by atoms with E-state index in [2.05, 4.69) is 19.2 Å². The third kappa shape index (κ3) is 4.85. The van der Waals surface area contributed by atoms with Crippen molar-refractivity contribution in [3.8, 4) is 5.75 Å². The van der Waals surface area contributed by atoms with Crippen LogP contribution < -0.4 is 15.8 Å². The molecule has 2 rings (SSSR count). The van der Waals surface area contributed by atoms with Gasteiger partial charge in [0.15, 0.2) is 0 Å². The van der Waals surface area contributed by atoms with E-state index in [-0.39, 0.29) is 23.9 Å². The summed E-state index contributed by atoms with van der Waals surface area (Å²) in [6.07, 6.45) is 3.40. The standard InChI is InChI=1S/C18H27ClN2O2/c1-11(2)8-16(15-10-13(19)5-7-17(15)23-3)21-18(22)12-4-6-14(20)9-12/h5,7,10-12,14,16H,4,6,8-9,20H2,1-3H3,(H,21,22). The minimum atomic E-state index is -0.104. The normalized spacial score (nSPS) is 22.2. The monoisotopic (exact) mass is 338 g/mol. The van der Waals surface area contributed by atoms with Gasteiger partial charge in [0.05, 0.1) is 13.2 Å². The Morgan fingerprint density at radius 2 is 2.17 bits per heavy atom. The Labute approximate surface area is 143 Å². The van der Waals surface area contributed by atoms with Crippen molar-refractivity contribution in [3.63, 3.8) is 0 Å². The maximum Gasteiger partial charge on any atom is 0.223 e. The van der Waals surface area contributed by atoms with Crippen LogP contribution in [-0.4, -0.2) is 19.1 Å². The Bertz CT molecular complexity index is 548. The van der Waals surface area contributed by atoms with Gasteiger partial charge < -0.3 is 15.8 Å². The van der Waals surface area contributed by atoms with E-state index >= 15 is 0 Å². The minimum Gasteiger partial charge on any atom is -0.496 e. The Morgan fingerprint density at radius 1 is 1.43 bits per heavy atom. The second kappa shape index (κ2) is 8.02. The lowest BCUT2D eigenvalue weighted by molar-refractivity contribution is -0.125. The SMILES string of the molecule is COc1ccc(Cl)cc1C(CC(C)C)NC(=O)C1CCC(N)C1. The Kier molecular flexibility index (Phi) is 6.31. The smallest absolute Gasteiger partial charge is 0.223 e. The Hall–Kier alpha value is -1.26. The van der Waals surface area contributed by atoms with Gasteiger partial charge in [-0.05, 0) is 49.8 Å². The molecule has 0 radical (unpaired) electrons. The first-order valence-corrected chi connectivity index (χ1v) is 8.68. The van der Waals surface area contributed by atoms with E-state index in [1.54, 1.807) is 13.2 Å². The number of nitrogens with one attached hydrogen (secondary N) is 1. The second-order valence-corrected chi connectivity index (χ2v) is 7.28. The van der Waals surface area contributed by atoms with Crippen LogP contribution in [0.2, 0.25) is 5.02 Å². The average molecular weight is 339 g/mol. The van der Waals surface area contributed by atoms with Gasteiger partial charge in [-0.25, -0.2) is 0 Å². The highest BCUT2D eigenvalue weighted by Crippen LogP contribution is 2.33. The van der Waals surface area contributed by atoms with Crippen molar-refractivity contribution < 1.29 is 9.53 Å². The van der Waals surface area contributed by atoms with Crippen LogP contribution >= 0.6 is 11.6 Å². The number of rotatable bonds is 6. The predicted octanol–water partition coefficient (Wildman–Crippen LogP) is 3.68. The van der Waals surface area contributed by atoms with Crippen molar-refractivity contribution in [1.82, 2.24) is 5.32 Å². The van der Waals surface area contributed by atoms with E-state index in [0.29, 0.717) is 10.9 Å². The molecule has 1 aliphatic carbocycles. The maximum atomic E-state index is 12.6. The topological polar surface area (TPSA) is 64.3 Å². The quantitative estimate of drug-likeness (QED) is 0.831. The number of benzene rings is 1. The molecule has 0 spiro atoms. The van der Waals surface area contributed by atoms with Gasteiger partial charge >= 0.3 is 0 Å². The van der Waals surface area contributed by atoms with E-state index in [9.17, 15) is 4.79 Å². The largest absolute Gasteiger partial charge is 0.496 e. The van der Waals surface area contributed by atoms with Gasteiger partial charge in [-0.3, -0.25) is 4.79 Å². The molecule has 4 nitrogen and oxygen atoms in total. The van der Waals surface area contributed by atoms with E-state index in [1.165, 1.54) is 0 Å². The Morgan fingerprint density at radius 3 is 2.74 bits per heavy atom. The highest BCUT2D eigenvalue weighted by atomic mass is 35.5. The summed E-state index contributed by atoms with van der Waals surface area (Å²) >= 11 is 6.15. The number of hydrogen-bond acceptors (Lipinski definition) is 3. The number of nitrogens with two attached hydrogens (primary N) is 1. The highest BCUT2D eigenvalue weighted by Gasteiger charge is 2.30. The molecule has 1 aromatic rings. The first-order chi connectivity index (χ1) is 10.9. The van der Waals surface area contributed by atoms with E-state index in [0.717, 1.165) is 37.0 Å². The molecule has 0 heterocycles. The molecule has 3 atom stereocenters. The second-order valence-electron chi connectivity index (χ2n) is 6.85. The average Bonchev–Trinajstić information content (AvgIpc) is 2.92. The lowest BCUT2D eigenvalue weighted by Crippen LogP contribution is -2.34. The van der Waals surface area contributed by atoms with Crippen molar-refractivity contribution in [2.75, 3.05) is 7.11 Å². The van der Waals surface area contributed by atoms with Crippen molar-refractivity contribution in [2.45, 2.75) is 51.6 Å². The number of amides is 1. The summed E-state index contributed by atoms with van der Waals surface area (Å²) in [5, 5.41) is 3.84. The molecule has 3 N–H and O–H groups in total. The van der Waals surface area contributed by atoms with Gasteiger partial charge in [0.2, 0.25) is 5.91 Å². The molecule has 1 aromatic carbocycles. The van der Waals surface area contributed by atoms with Gasteiger partial charge in [-0.15, -0.1) is 0 Å². The fraction of sp³-hybridized carbons (Fsp3) is 0.611. The van der Waals surface area contributed by atoms with Gasteiger partial charge in [-0.1, -0.05) is 25.4 Å². The van der Waals surface area contributed by atoms with Crippen LogP contribution in [-0.2, 0) is 4.79 Å². The van der Waals surface area contributed by atoms with Gasteiger partial charge in [0.1, 0.15) is 5.75 Å². The lowest BCUT2D eigenvalue weighted by Gasteiger charge is -2.25. The third-order valence-corrected chi connectivity index (χ3v) is 4.67. The number of hydrogen-bond donors (Lipinski definition) is 2. The van der Waals surface area contributed by atoms with Crippen molar-refractivity contribution in [2.24, 2.45) is 17.6 Å². The zero-order valence-corrected chi connectivity index (χ0v) is 14.9. The summed E-state index contributed by atoms with van der Waals surface area (Å²) in [6, 6.07) is 5.58. The van der Waals surface area contributed by atoms with E-state index < -0.39 is 0 Å². The number of ether oxygens (including phenoxy) is 1. The molecule has 0 aliphatic heterocycles. The predicted molar refractivity (Wildman–Crippen MR) is 93.7 cm³/mol. The van der Waals surface area contributed by atoms with Crippen LogP contribution in [0.15, 0.2) is 18.2 Å². The molecule has 0 aromatic heterocycles. The molecule has 1 fully saturated rings. The molecular formula is C18H27ClN2O2. The van der Waals surface area contributed by atoms with Crippen molar-refractivity contribution in [3.05, 3.63) is 28.8 Å². The van der Waals surface area contributed by atoms with Gasteiger partial charge in [-0.2, -0.15) is 0 Å². The summed E-state index contributed by atoms with van der Waals surface area (Å²) in [6.45, 7) is 4.28. The lowest BCUT2D eigenvalue weighted by atomic mass is 9.95. The molecule has 128 valence electrons. The molecule has 3 unspecified atom stereocenters. The van der Waals surface area contributed by atoms with Crippen LogP contribution in [0.1, 0.15) is 51.1 Å². The molecule has 0 saturated heterocycles. The Balaban J connectivity index is 2.20. The first-order valence-electron chi connectivity index (χ1n) is 8.30. The number of carbonyl (C=O) groups is 1. The fourth-order valence-electron chi connectivity index (χ4n) is 3.26. The van der Waals surface area contributed by atoms with Crippen LogP contribution in [0, 0.1) is 11.8 Å². The molecular weight excluding hydrogens is 312 g/mol. The summed E-state index contributed by atoms with van der Waals surface area (Å²) in [4.78, 5) is 12.6. The summed E-state index contributed by atoms with van der Waals surface area (Å²) < 4.78 is 5.46. The highest BCUT2D eigenvalue weighted by molar-refractivity contribution is 6.30. The van der Waals surface area contributed by atoms with Crippen molar-refractivity contribution >= 4 is 17.5 Å². The molecule has 1 saturated carbocycles. The molecule has 23 heavy (non-hydrogen) atoms. The number of halogens is 1. The maximum absolute atomic E-state index is 12.6. The van der Waals surface area contributed by atoms with Crippen LogP contribution in [0.4, 0.5) is 0 Å².